The van der Waals surface area contributed by atoms with Gasteiger partial charge in [0.2, 0.25) is 0 Å². The molecule has 0 aliphatic carbocycles. The zero-order valence-corrected chi connectivity index (χ0v) is 10.3. The quantitative estimate of drug-likeness (QED) is 0.904. The smallest absolute Gasteiger partial charge is 0.416 e. The summed E-state index contributed by atoms with van der Waals surface area (Å²) in [4.78, 5) is 10.4. The van der Waals surface area contributed by atoms with Crippen LogP contribution in [0.5, 0.6) is 0 Å². The number of fused-ring (bicyclic) bond motifs is 1. The van der Waals surface area contributed by atoms with Gasteiger partial charge >= 0.3 is 12.1 Å². The predicted molar refractivity (Wildman–Crippen MR) is 58.4 cm³/mol. The second-order valence-electron chi connectivity index (χ2n) is 4.29. The van der Waals surface area contributed by atoms with Crippen LogP contribution in [0.4, 0.5) is 13.2 Å². The average Bonchev–Trinajstić information content (AvgIpc) is 2.48. The number of benzene rings is 1. The van der Waals surface area contributed by atoms with Crippen molar-refractivity contribution < 1.29 is 31.5 Å². The second kappa shape index (κ2) is 4.22. The number of rotatable bonds is 2. The number of alkyl halides is 3. The van der Waals surface area contributed by atoms with Gasteiger partial charge in [0.15, 0.2) is 9.84 Å². The summed E-state index contributed by atoms with van der Waals surface area (Å²) in [6, 6.07) is 2.36. The third kappa shape index (κ3) is 2.44. The molecule has 1 atom stereocenters. The molecule has 0 saturated carbocycles. The normalized spacial score (nSPS) is 21.1. The Labute approximate surface area is 106 Å². The Kier molecular flexibility index (Phi) is 3.08. The first kappa shape index (κ1) is 13.9. The van der Waals surface area contributed by atoms with Crippen molar-refractivity contribution >= 4 is 15.8 Å². The molecular weight excluding hydrogens is 285 g/mol. The number of carboxylic acids is 1. The van der Waals surface area contributed by atoms with Crippen LogP contribution in [-0.4, -0.2) is 24.7 Å². The van der Waals surface area contributed by atoms with Crippen LogP contribution >= 0.6 is 0 Å². The van der Waals surface area contributed by atoms with Crippen molar-refractivity contribution in [2.24, 2.45) is 0 Å². The number of carbonyl (C=O) groups is 1. The zero-order chi connectivity index (χ0) is 14.4. The lowest BCUT2D eigenvalue weighted by Gasteiger charge is -2.07. The number of aliphatic carboxylic acids is 1. The minimum absolute atomic E-state index is 0.0288. The molecule has 0 aromatic heterocycles. The van der Waals surface area contributed by atoms with E-state index in [9.17, 15) is 26.4 Å². The molecule has 1 aliphatic heterocycles. The molecular formula is C11H9F3O4S. The Morgan fingerprint density at radius 3 is 2.53 bits per heavy atom. The fourth-order valence-corrected chi connectivity index (χ4v) is 3.99. The molecule has 0 bridgehead atoms. The van der Waals surface area contributed by atoms with Gasteiger partial charge in [0.25, 0.3) is 0 Å². The van der Waals surface area contributed by atoms with Gasteiger partial charge in [-0.1, -0.05) is 0 Å². The van der Waals surface area contributed by atoms with E-state index in [-0.39, 0.29) is 16.9 Å². The molecule has 1 aromatic rings. The van der Waals surface area contributed by atoms with Crippen LogP contribution < -0.4 is 0 Å². The molecule has 0 fully saturated rings. The molecule has 19 heavy (non-hydrogen) atoms. The summed E-state index contributed by atoms with van der Waals surface area (Å²) in [6.07, 6.45) is -5.37. The molecule has 0 saturated heterocycles. The van der Waals surface area contributed by atoms with E-state index < -0.39 is 39.2 Å². The maximum atomic E-state index is 12.5. The summed E-state index contributed by atoms with van der Waals surface area (Å²) >= 11 is 0. The van der Waals surface area contributed by atoms with Crippen molar-refractivity contribution in [1.82, 2.24) is 0 Å². The largest absolute Gasteiger partial charge is 0.481 e. The Morgan fingerprint density at radius 1 is 1.37 bits per heavy atom. The molecule has 1 aromatic carbocycles. The maximum absolute atomic E-state index is 12.5. The Bertz CT molecular complexity index is 634. The predicted octanol–water partition coefficient (Wildman–Crippen LogP) is 1.88. The highest BCUT2D eigenvalue weighted by molar-refractivity contribution is 7.92. The fraction of sp³-hybridized carbons (Fsp3) is 0.364. The van der Waals surface area contributed by atoms with Gasteiger partial charge in [-0.05, 0) is 30.2 Å². The highest BCUT2D eigenvalue weighted by atomic mass is 32.2. The van der Waals surface area contributed by atoms with Crippen molar-refractivity contribution in [2.45, 2.75) is 29.2 Å². The van der Waals surface area contributed by atoms with Gasteiger partial charge < -0.3 is 5.11 Å². The summed E-state index contributed by atoms with van der Waals surface area (Å²) in [6.45, 7) is 0. The van der Waals surface area contributed by atoms with E-state index in [0.717, 1.165) is 12.1 Å². The zero-order valence-electron chi connectivity index (χ0n) is 9.44. The summed E-state index contributed by atoms with van der Waals surface area (Å²) in [5.41, 5.74) is -0.904. The summed E-state index contributed by atoms with van der Waals surface area (Å²) in [7, 11) is -3.85. The average molecular weight is 294 g/mol. The number of halogens is 3. The van der Waals surface area contributed by atoms with Gasteiger partial charge in [0.1, 0.15) is 0 Å². The number of sulfone groups is 1. The monoisotopic (exact) mass is 294 g/mol. The van der Waals surface area contributed by atoms with E-state index in [1.165, 1.54) is 0 Å². The van der Waals surface area contributed by atoms with E-state index in [2.05, 4.69) is 0 Å². The van der Waals surface area contributed by atoms with Crippen molar-refractivity contribution in [3.05, 3.63) is 29.3 Å². The highest BCUT2D eigenvalue weighted by Gasteiger charge is 2.40. The van der Waals surface area contributed by atoms with E-state index in [4.69, 9.17) is 5.11 Å². The molecule has 4 nitrogen and oxygen atoms in total. The Hall–Kier alpha value is -1.57. The molecule has 0 amide bonds. The molecule has 2 rings (SSSR count). The van der Waals surface area contributed by atoms with Gasteiger partial charge in [-0.2, -0.15) is 13.2 Å². The Morgan fingerprint density at radius 2 is 2.00 bits per heavy atom. The van der Waals surface area contributed by atoms with Gasteiger partial charge in [0.05, 0.1) is 22.1 Å². The summed E-state index contributed by atoms with van der Waals surface area (Å²) < 4.78 is 61.4. The maximum Gasteiger partial charge on any atom is 0.416 e. The minimum Gasteiger partial charge on any atom is -0.481 e. The molecule has 1 heterocycles. The number of carboxylic acid groups (broad SMARTS) is 1. The summed E-state index contributed by atoms with van der Waals surface area (Å²) in [5, 5.41) is 7.43. The first-order valence-electron chi connectivity index (χ1n) is 5.28. The lowest BCUT2D eigenvalue weighted by Crippen LogP contribution is -2.20. The number of hydrogen-bond donors (Lipinski definition) is 1. The lowest BCUT2D eigenvalue weighted by atomic mass is 10.1. The summed E-state index contributed by atoms with van der Waals surface area (Å²) in [5.74, 6) is -1.29. The van der Waals surface area contributed by atoms with Crippen LogP contribution in [0.3, 0.4) is 0 Å². The van der Waals surface area contributed by atoms with Crippen molar-refractivity contribution in [3.8, 4) is 0 Å². The second-order valence-corrected chi connectivity index (χ2v) is 6.49. The van der Waals surface area contributed by atoms with Crippen LogP contribution in [0.25, 0.3) is 0 Å². The van der Waals surface area contributed by atoms with E-state index in [1.807, 2.05) is 0 Å². The van der Waals surface area contributed by atoms with Crippen LogP contribution in [-0.2, 0) is 27.2 Å². The lowest BCUT2D eigenvalue weighted by molar-refractivity contribution is -0.138. The van der Waals surface area contributed by atoms with Crippen LogP contribution in [0, 0.1) is 0 Å². The van der Waals surface area contributed by atoms with Gasteiger partial charge in [-0.25, -0.2) is 8.42 Å². The molecule has 1 unspecified atom stereocenters. The minimum atomic E-state index is -4.55. The first-order chi connectivity index (χ1) is 8.62. The van der Waals surface area contributed by atoms with Gasteiger partial charge in [-0.15, -0.1) is 0 Å². The molecule has 8 heteroatoms. The topological polar surface area (TPSA) is 71.4 Å². The fourth-order valence-electron chi connectivity index (χ4n) is 2.10. The third-order valence-corrected chi connectivity index (χ3v) is 5.21. The van der Waals surface area contributed by atoms with Crippen LogP contribution in [0.15, 0.2) is 23.1 Å². The SMILES string of the molecule is O=C(O)CC1Cc2cc(C(F)(F)F)ccc2S1(=O)=O. The van der Waals surface area contributed by atoms with E-state index in [0.29, 0.717) is 6.07 Å². The molecule has 1 N–H and O–H groups in total. The first-order valence-corrected chi connectivity index (χ1v) is 6.83. The van der Waals surface area contributed by atoms with Gasteiger partial charge in [0, 0.05) is 0 Å². The van der Waals surface area contributed by atoms with E-state index >= 15 is 0 Å². The van der Waals surface area contributed by atoms with E-state index in [1.54, 1.807) is 0 Å². The van der Waals surface area contributed by atoms with Crippen molar-refractivity contribution in [3.63, 3.8) is 0 Å². The van der Waals surface area contributed by atoms with Gasteiger partial charge in [-0.3, -0.25) is 4.79 Å². The standard InChI is InChI=1S/C11H9F3O4S/c12-11(13,14)7-1-2-9-6(3-7)4-8(5-10(15)16)19(9,17)18/h1-3,8H,4-5H2,(H,15,16). The van der Waals surface area contributed by atoms with Crippen molar-refractivity contribution in [2.75, 3.05) is 0 Å². The third-order valence-electron chi connectivity index (χ3n) is 2.98. The molecule has 0 radical (unpaired) electrons. The van der Waals surface area contributed by atoms with Crippen molar-refractivity contribution in [1.29, 1.82) is 0 Å². The molecule has 104 valence electrons. The molecule has 0 spiro atoms. The number of hydrogen-bond acceptors (Lipinski definition) is 3. The molecule has 1 aliphatic rings. The highest BCUT2D eigenvalue weighted by Crippen LogP contribution is 2.37. The van der Waals surface area contributed by atoms with Crippen LogP contribution in [0.2, 0.25) is 0 Å². The van der Waals surface area contributed by atoms with Crippen LogP contribution in [0.1, 0.15) is 17.5 Å². The Balaban J connectivity index is 2.45.